The molecule has 0 atom stereocenters. The predicted octanol–water partition coefficient (Wildman–Crippen LogP) is 2.52. The molecular weight excluding hydrogens is 224 g/mol. The number of carbonyl (C=O) groups excluding carboxylic acids is 1. The van der Waals surface area contributed by atoms with Crippen LogP contribution in [0.15, 0.2) is 24.3 Å². The molecule has 0 aliphatic rings. The van der Waals surface area contributed by atoms with Gasteiger partial charge in [0.25, 0.3) is 5.91 Å². The summed E-state index contributed by atoms with van der Waals surface area (Å²) in [5.41, 5.74) is 2.05. The molecule has 0 saturated carbocycles. The van der Waals surface area contributed by atoms with E-state index in [2.05, 4.69) is 31.0 Å². The second-order valence-electron chi connectivity index (χ2n) is 6.18. The Bertz CT molecular complexity index is 388. The van der Waals surface area contributed by atoms with Gasteiger partial charge in [-0.3, -0.25) is 4.79 Å². The summed E-state index contributed by atoms with van der Waals surface area (Å²) in [5.74, 6) is 0.00123. The van der Waals surface area contributed by atoms with Gasteiger partial charge in [0.15, 0.2) is 0 Å². The number of carbonyl (C=O) groups is 1. The first-order valence-electron chi connectivity index (χ1n) is 6.30. The van der Waals surface area contributed by atoms with E-state index in [9.17, 15) is 4.79 Å². The van der Waals surface area contributed by atoms with Crippen molar-refractivity contribution < 1.29 is 4.79 Å². The van der Waals surface area contributed by atoms with Crippen LogP contribution in [0.25, 0.3) is 0 Å². The summed E-state index contributed by atoms with van der Waals surface area (Å²) in [4.78, 5) is 14.0. The van der Waals surface area contributed by atoms with Gasteiger partial charge >= 0.3 is 0 Å². The summed E-state index contributed by atoms with van der Waals surface area (Å²) in [7, 11) is 4.06. The van der Waals surface area contributed by atoms with Crippen molar-refractivity contribution in [3.63, 3.8) is 0 Å². The van der Waals surface area contributed by atoms with Crippen LogP contribution in [0.3, 0.4) is 0 Å². The molecular formula is C15H24N2O. The molecule has 0 aromatic heterocycles. The molecule has 0 fully saturated rings. The minimum atomic E-state index is 0.00123. The average Bonchev–Trinajstić information content (AvgIpc) is 2.25. The number of benzene rings is 1. The number of nitrogens with one attached hydrogen (secondary N) is 1. The Morgan fingerprint density at radius 1 is 1.17 bits per heavy atom. The highest BCUT2D eigenvalue weighted by Gasteiger charge is 2.12. The third-order valence-corrected chi connectivity index (χ3v) is 2.49. The SMILES string of the molecule is CN(C)Cc1ccc(C(=O)NCC(C)(C)C)cc1. The van der Waals surface area contributed by atoms with Crippen LogP contribution in [0.4, 0.5) is 0 Å². The van der Waals surface area contributed by atoms with E-state index in [1.54, 1.807) is 0 Å². The number of hydrogen-bond donors (Lipinski definition) is 1. The molecule has 0 aliphatic carbocycles. The lowest BCUT2D eigenvalue weighted by Gasteiger charge is -2.18. The Morgan fingerprint density at radius 3 is 2.17 bits per heavy atom. The van der Waals surface area contributed by atoms with E-state index < -0.39 is 0 Å². The molecule has 1 aromatic carbocycles. The van der Waals surface area contributed by atoms with Crippen molar-refractivity contribution in [1.82, 2.24) is 10.2 Å². The zero-order valence-corrected chi connectivity index (χ0v) is 12.1. The van der Waals surface area contributed by atoms with Gasteiger partial charge in [-0.15, -0.1) is 0 Å². The largest absolute Gasteiger partial charge is 0.352 e. The van der Waals surface area contributed by atoms with E-state index in [4.69, 9.17) is 0 Å². The van der Waals surface area contributed by atoms with E-state index in [-0.39, 0.29) is 11.3 Å². The number of hydrogen-bond acceptors (Lipinski definition) is 2. The second-order valence-corrected chi connectivity index (χ2v) is 6.18. The summed E-state index contributed by atoms with van der Waals surface area (Å²) < 4.78 is 0. The molecule has 0 saturated heterocycles. The maximum Gasteiger partial charge on any atom is 0.251 e. The lowest BCUT2D eigenvalue weighted by molar-refractivity contribution is 0.0939. The Kier molecular flexibility index (Phi) is 4.91. The third-order valence-electron chi connectivity index (χ3n) is 2.49. The Hall–Kier alpha value is -1.35. The van der Waals surface area contributed by atoms with Gasteiger partial charge in [0.1, 0.15) is 0 Å². The summed E-state index contributed by atoms with van der Waals surface area (Å²) in [6.45, 7) is 7.89. The van der Waals surface area contributed by atoms with Crippen LogP contribution in [0, 0.1) is 5.41 Å². The molecule has 0 spiro atoms. The van der Waals surface area contributed by atoms with Crippen molar-refractivity contribution in [1.29, 1.82) is 0 Å². The van der Waals surface area contributed by atoms with Gasteiger partial charge in [0.05, 0.1) is 0 Å². The topological polar surface area (TPSA) is 32.3 Å². The highest BCUT2D eigenvalue weighted by Crippen LogP contribution is 2.11. The molecule has 1 amide bonds. The van der Waals surface area contributed by atoms with Crippen LogP contribution in [0.5, 0.6) is 0 Å². The van der Waals surface area contributed by atoms with Crippen LogP contribution in [0.1, 0.15) is 36.7 Å². The Morgan fingerprint density at radius 2 is 1.72 bits per heavy atom. The highest BCUT2D eigenvalue weighted by atomic mass is 16.1. The maximum atomic E-state index is 11.9. The lowest BCUT2D eigenvalue weighted by atomic mass is 9.97. The Balaban J connectivity index is 2.59. The van der Waals surface area contributed by atoms with Gasteiger partial charge < -0.3 is 10.2 Å². The van der Waals surface area contributed by atoms with Gasteiger partial charge in [-0.2, -0.15) is 0 Å². The standard InChI is InChI=1S/C15H24N2O/c1-15(2,3)11-16-14(18)13-8-6-12(7-9-13)10-17(4)5/h6-9H,10-11H2,1-5H3,(H,16,18). The number of amides is 1. The molecule has 0 aliphatic heterocycles. The molecule has 1 rings (SSSR count). The van der Waals surface area contributed by atoms with Gasteiger partial charge in [-0.1, -0.05) is 32.9 Å². The minimum Gasteiger partial charge on any atom is -0.352 e. The van der Waals surface area contributed by atoms with Gasteiger partial charge in [-0.05, 0) is 37.2 Å². The van der Waals surface area contributed by atoms with E-state index in [1.807, 2.05) is 38.4 Å². The first-order chi connectivity index (χ1) is 8.28. The average molecular weight is 248 g/mol. The van der Waals surface area contributed by atoms with E-state index >= 15 is 0 Å². The fraction of sp³-hybridized carbons (Fsp3) is 0.533. The van der Waals surface area contributed by atoms with Crippen molar-refractivity contribution in [2.75, 3.05) is 20.6 Å². The highest BCUT2D eigenvalue weighted by molar-refractivity contribution is 5.94. The van der Waals surface area contributed by atoms with E-state index in [1.165, 1.54) is 5.56 Å². The zero-order valence-electron chi connectivity index (χ0n) is 12.1. The first-order valence-corrected chi connectivity index (χ1v) is 6.30. The molecule has 100 valence electrons. The van der Waals surface area contributed by atoms with E-state index in [0.717, 1.165) is 12.1 Å². The molecule has 0 heterocycles. The monoisotopic (exact) mass is 248 g/mol. The predicted molar refractivity (Wildman–Crippen MR) is 75.6 cm³/mol. The third kappa shape index (κ3) is 5.32. The molecule has 18 heavy (non-hydrogen) atoms. The summed E-state index contributed by atoms with van der Waals surface area (Å²) >= 11 is 0. The van der Waals surface area contributed by atoms with Crippen LogP contribution in [-0.2, 0) is 6.54 Å². The fourth-order valence-electron chi connectivity index (χ4n) is 1.57. The van der Waals surface area contributed by atoms with Gasteiger partial charge in [0.2, 0.25) is 0 Å². The zero-order chi connectivity index (χ0) is 13.8. The van der Waals surface area contributed by atoms with Crippen LogP contribution in [-0.4, -0.2) is 31.4 Å². The lowest BCUT2D eigenvalue weighted by Crippen LogP contribution is -2.32. The number of nitrogens with zero attached hydrogens (tertiary/aromatic N) is 1. The fourth-order valence-corrected chi connectivity index (χ4v) is 1.57. The number of rotatable bonds is 4. The maximum absolute atomic E-state index is 11.9. The molecule has 1 N–H and O–H groups in total. The van der Waals surface area contributed by atoms with Gasteiger partial charge in [-0.25, -0.2) is 0 Å². The molecule has 1 aromatic rings. The minimum absolute atomic E-state index is 0.00123. The molecule has 0 radical (unpaired) electrons. The molecule has 0 unspecified atom stereocenters. The molecule has 3 nitrogen and oxygen atoms in total. The second kappa shape index (κ2) is 6.01. The Labute approximate surface area is 110 Å². The summed E-state index contributed by atoms with van der Waals surface area (Å²) in [6, 6.07) is 7.78. The van der Waals surface area contributed by atoms with Crippen molar-refractivity contribution in [3.8, 4) is 0 Å². The summed E-state index contributed by atoms with van der Waals surface area (Å²) in [5, 5.41) is 2.95. The smallest absolute Gasteiger partial charge is 0.251 e. The van der Waals surface area contributed by atoms with Crippen LogP contribution >= 0.6 is 0 Å². The van der Waals surface area contributed by atoms with Crippen LogP contribution in [0.2, 0.25) is 0 Å². The first kappa shape index (κ1) is 14.7. The quantitative estimate of drug-likeness (QED) is 0.888. The normalized spacial score (nSPS) is 11.7. The van der Waals surface area contributed by atoms with Gasteiger partial charge in [0, 0.05) is 18.7 Å². The van der Waals surface area contributed by atoms with Crippen molar-refractivity contribution in [2.24, 2.45) is 5.41 Å². The van der Waals surface area contributed by atoms with Crippen molar-refractivity contribution in [3.05, 3.63) is 35.4 Å². The van der Waals surface area contributed by atoms with Crippen LogP contribution < -0.4 is 5.32 Å². The summed E-state index contributed by atoms with van der Waals surface area (Å²) in [6.07, 6.45) is 0. The molecule has 0 bridgehead atoms. The van der Waals surface area contributed by atoms with Crippen molar-refractivity contribution in [2.45, 2.75) is 27.3 Å². The van der Waals surface area contributed by atoms with E-state index in [0.29, 0.717) is 6.54 Å². The molecule has 3 heteroatoms. The van der Waals surface area contributed by atoms with Crippen molar-refractivity contribution >= 4 is 5.91 Å².